The van der Waals surface area contributed by atoms with E-state index in [1.165, 1.54) is 11.1 Å². The Bertz CT molecular complexity index is 797. The number of benzene rings is 1. The van der Waals surface area contributed by atoms with Gasteiger partial charge < -0.3 is 9.84 Å². The number of rotatable bonds is 4. The van der Waals surface area contributed by atoms with Gasteiger partial charge in [-0.15, -0.1) is 0 Å². The molecule has 4 nitrogen and oxygen atoms in total. The molecular weight excluding hydrogens is 340 g/mol. The van der Waals surface area contributed by atoms with E-state index in [2.05, 4.69) is 0 Å². The fraction of sp³-hybridized carbons (Fsp3) is 0.652. The third-order valence-corrected chi connectivity index (χ3v) is 7.50. The monoisotopic (exact) mass is 368 g/mol. The Morgan fingerprint density at radius 2 is 1.81 bits per heavy atom. The number of esters is 1. The van der Waals surface area contributed by atoms with Gasteiger partial charge in [0.2, 0.25) is 5.78 Å². The average molecular weight is 368 g/mol. The number of aliphatic hydroxyl groups is 1. The zero-order chi connectivity index (χ0) is 18.8. The first-order valence-corrected chi connectivity index (χ1v) is 10.5. The molecule has 144 valence electrons. The summed E-state index contributed by atoms with van der Waals surface area (Å²) in [6.45, 7) is 1.68. The highest BCUT2D eigenvalue weighted by Gasteiger charge is 2.61. The number of aryl methyl sites for hydroxylation is 2. The molecule has 5 atom stereocenters. The standard InChI is InChI=1S/C23H28O4/c1-14(20(24)19-6-5-17-3-2-4-18(17)8-19)27-21(25)22-9-15-7-16(10-22)12-23(26,11-15)13-22/h5-6,8,14-16,26H,2-4,7,9-13H2,1H3/t14-,15-,16+,22?,23?/m1/s1. The van der Waals surface area contributed by atoms with Crippen LogP contribution in [0, 0.1) is 17.3 Å². The fourth-order valence-electron chi connectivity index (χ4n) is 6.75. The summed E-state index contributed by atoms with van der Waals surface area (Å²) in [4.78, 5) is 25.9. The van der Waals surface area contributed by atoms with Crippen LogP contribution in [-0.4, -0.2) is 28.6 Å². The van der Waals surface area contributed by atoms with Gasteiger partial charge in [0.25, 0.3) is 0 Å². The molecule has 1 aromatic rings. The first-order valence-electron chi connectivity index (χ1n) is 10.5. The average Bonchev–Trinajstić information content (AvgIpc) is 3.06. The topological polar surface area (TPSA) is 63.6 Å². The van der Waals surface area contributed by atoms with Crippen LogP contribution in [-0.2, 0) is 22.4 Å². The van der Waals surface area contributed by atoms with Crippen molar-refractivity contribution in [3.05, 3.63) is 34.9 Å². The lowest BCUT2D eigenvalue weighted by Gasteiger charge is -2.58. The van der Waals surface area contributed by atoms with Crippen LogP contribution < -0.4 is 0 Å². The van der Waals surface area contributed by atoms with E-state index in [0.29, 0.717) is 23.8 Å². The molecule has 5 aliphatic carbocycles. The predicted molar refractivity (Wildman–Crippen MR) is 100 cm³/mol. The second-order valence-electron chi connectivity index (χ2n) is 9.71. The molecule has 2 unspecified atom stereocenters. The second-order valence-corrected chi connectivity index (χ2v) is 9.71. The molecule has 1 aromatic carbocycles. The summed E-state index contributed by atoms with van der Waals surface area (Å²) < 4.78 is 5.72. The van der Waals surface area contributed by atoms with Crippen LogP contribution in [0.2, 0.25) is 0 Å². The molecule has 0 saturated heterocycles. The number of Topliss-reactive ketones (excluding diaryl/α,β-unsaturated/α-hetero) is 1. The summed E-state index contributed by atoms with van der Waals surface area (Å²) in [6.07, 6.45) is 7.37. The molecule has 5 aliphatic rings. The molecule has 4 bridgehead atoms. The van der Waals surface area contributed by atoms with Crippen LogP contribution >= 0.6 is 0 Å². The van der Waals surface area contributed by atoms with Gasteiger partial charge in [-0.25, -0.2) is 0 Å². The van der Waals surface area contributed by atoms with Gasteiger partial charge in [-0.3, -0.25) is 9.59 Å². The minimum atomic E-state index is -0.778. The summed E-state index contributed by atoms with van der Waals surface area (Å²) in [5.41, 5.74) is 1.95. The molecule has 0 aromatic heterocycles. The molecule has 4 fully saturated rings. The molecule has 0 spiro atoms. The first-order chi connectivity index (χ1) is 12.9. The van der Waals surface area contributed by atoms with Crippen LogP contribution in [0.25, 0.3) is 0 Å². The number of carbonyl (C=O) groups is 2. The second kappa shape index (κ2) is 5.91. The van der Waals surface area contributed by atoms with Gasteiger partial charge in [-0.05, 0) is 93.7 Å². The third kappa shape index (κ3) is 2.84. The highest BCUT2D eigenvalue weighted by molar-refractivity contribution is 6.00. The van der Waals surface area contributed by atoms with Gasteiger partial charge >= 0.3 is 5.97 Å². The van der Waals surface area contributed by atoms with Crippen molar-refractivity contribution in [2.45, 2.75) is 76.4 Å². The largest absolute Gasteiger partial charge is 0.454 e. The van der Waals surface area contributed by atoms with Crippen LogP contribution in [0.4, 0.5) is 0 Å². The highest BCUT2D eigenvalue weighted by atomic mass is 16.5. The summed E-state index contributed by atoms with van der Waals surface area (Å²) in [5, 5.41) is 10.9. The van der Waals surface area contributed by atoms with E-state index in [-0.39, 0.29) is 11.8 Å². The number of fused-ring (bicyclic) bond motifs is 1. The van der Waals surface area contributed by atoms with Gasteiger partial charge in [0.05, 0.1) is 11.0 Å². The molecule has 0 amide bonds. The van der Waals surface area contributed by atoms with E-state index in [1.807, 2.05) is 18.2 Å². The zero-order valence-corrected chi connectivity index (χ0v) is 16.0. The lowest BCUT2D eigenvalue weighted by molar-refractivity contribution is -0.197. The number of ether oxygens (including phenoxy) is 1. The molecule has 0 heterocycles. The maximum absolute atomic E-state index is 13.1. The Balaban J connectivity index is 1.31. The summed E-state index contributed by atoms with van der Waals surface area (Å²) in [7, 11) is 0. The fourth-order valence-corrected chi connectivity index (χ4v) is 6.75. The van der Waals surface area contributed by atoms with Crippen molar-refractivity contribution in [3.63, 3.8) is 0 Å². The molecule has 4 saturated carbocycles. The maximum Gasteiger partial charge on any atom is 0.312 e. The molecule has 0 radical (unpaired) electrons. The minimum absolute atomic E-state index is 0.124. The Morgan fingerprint density at radius 1 is 1.11 bits per heavy atom. The molecule has 0 aliphatic heterocycles. The number of hydrogen-bond donors (Lipinski definition) is 1. The van der Waals surface area contributed by atoms with Gasteiger partial charge in [-0.2, -0.15) is 0 Å². The molecule has 27 heavy (non-hydrogen) atoms. The number of carbonyl (C=O) groups excluding carboxylic acids is 2. The van der Waals surface area contributed by atoms with Crippen molar-refractivity contribution in [2.24, 2.45) is 17.3 Å². The molecule has 1 N–H and O–H groups in total. The number of ketones is 1. The lowest BCUT2D eigenvalue weighted by atomic mass is 9.48. The Hall–Kier alpha value is -1.68. The summed E-state index contributed by atoms with van der Waals surface area (Å²) >= 11 is 0. The van der Waals surface area contributed by atoms with Crippen molar-refractivity contribution in [3.8, 4) is 0 Å². The van der Waals surface area contributed by atoms with Crippen LogP contribution in [0.5, 0.6) is 0 Å². The Kier molecular flexibility index (Phi) is 3.81. The Labute approximate surface area is 160 Å². The van der Waals surface area contributed by atoms with Crippen molar-refractivity contribution >= 4 is 11.8 Å². The smallest absolute Gasteiger partial charge is 0.312 e. The lowest BCUT2D eigenvalue weighted by Crippen LogP contribution is -2.58. The quantitative estimate of drug-likeness (QED) is 0.651. The van der Waals surface area contributed by atoms with Crippen LogP contribution in [0.1, 0.15) is 73.4 Å². The van der Waals surface area contributed by atoms with Gasteiger partial charge in [0.15, 0.2) is 6.10 Å². The first kappa shape index (κ1) is 17.4. The minimum Gasteiger partial charge on any atom is -0.454 e. The van der Waals surface area contributed by atoms with Crippen molar-refractivity contribution in [1.29, 1.82) is 0 Å². The van der Waals surface area contributed by atoms with E-state index in [9.17, 15) is 14.7 Å². The molecule has 6 rings (SSSR count). The SMILES string of the molecule is C[C@@H](OC(=O)C12C[C@@H]3C[C@@H](CC(O)(C3)C1)C2)C(=O)c1ccc2c(c1)CCC2. The normalized spacial score (nSPS) is 37.1. The summed E-state index contributed by atoms with van der Waals surface area (Å²) in [6, 6.07) is 5.88. The van der Waals surface area contributed by atoms with E-state index < -0.39 is 17.1 Å². The Morgan fingerprint density at radius 3 is 2.52 bits per heavy atom. The van der Waals surface area contributed by atoms with Gasteiger partial charge in [0, 0.05) is 5.56 Å². The van der Waals surface area contributed by atoms with Crippen molar-refractivity contribution in [1.82, 2.24) is 0 Å². The summed E-state index contributed by atoms with van der Waals surface area (Å²) in [5.74, 6) is 0.455. The van der Waals surface area contributed by atoms with Crippen molar-refractivity contribution in [2.75, 3.05) is 0 Å². The predicted octanol–water partition coefficient (Wildman–Crippen LogP) is 3.62. The maximum atomic E-state index is 13.1. The highest BCUT2D eigenvalue weighted by Crippen LogP contribution is 2.62. The molecule has 4 heteroatoms. The van der Waals surface area contributed by atoms with E-state index in [1.54, 1.807) is 6.92 Å². The third-order valence-electron chi connectivity index (χ3n) is 7.50. The van der Waals surface area contributed by atoms with Crippen LogP contribution in [0.3, 0.4) is 0 Å². The van der Waals surface area contributed by atoms with Crippen molar-refractivity contribution < 1.29 is 19.4 Å². The van der Waals surface area contributed by atoms with Gasteiger partial charge in [0.1, 0.15) is 0 Å². The van der Waals surface area contributed by atoms with Crippen LogP contribution in [0.15, 0.2) is 18.2 Å². The zero-order valence-electron chi connectivity index (χ0n) is 16.0. The van der Waals surface area contributed by atoms with E-state index in [0.717, 1.165) is 51.4 Å². The van der Waals surface area contributed by atoms with Gasteiger partial charge in [-0.1, -0.05) is 12.1 Å². The van der Waals surface area contributed by atoms with E-state index >= 15 is 0 Å². The van der Waals surface area contributed by atoms with E-state index in [4.69, 9.17) is 4.74 Å². The number of hydrogen-bond acceptors (Lipinski definition) is 4. The molecular formula is C23H28O4.